The lowest BCUT2D eigenvalue weighted by atomic mass is 10.0. The van der Waals surface area contributed by atoms with Crippen molar-refractivity contribution in [3.05, 3.63) is 35.9 Å². The largest absolute Gasteiger partial charge is 0.444 e. The van der Waals surface area contributed by atoms with Crippen LogP contribution in [0, 0.1) is 0 Å². The molecule has 4 nitrogen and oxygen atoms in total. The molecule has 2 aliphatic rings. The van der Waals surface area contributed by atoms with Crippen molar-refractivity contribution in [2.24, 2.45) is 0 Å². The van der Waals surface area contributed by atoms with Crippen molar-refractivity contribution in [1.82, 2.24) is 9.80 Å². The fraction of sp³-hybridized carbons (Fsp3) is 0.650. The second kappa shape index (κ2) is 7.14. The zero-order valence-corrected chi connectivity index (χ0v) is 15.2. The van der Waals surface area contributed by atoms with Crippen LogP contribution in [-0.4, -0.2) is 46.7 Å². The van der Waals surface area contributed by atoms with E-state index < -0.39 is 5.60 Å². The molecule has 0 saturated carbocycles. The summed E-state index contributed by atoms with van der Waals surface area (Å²) in [5.74, 6) is 0. The molecule has 0 radical (unpaired) electrons. The molecule has 4 heteroatoms. The molecule has 24 heavy (non-hydrogen) atoms. The van der Waals surface area contributed by atoms with Gasteiger partial charge in [-0.3, -0.25) is 4.90 Å². The molecular weight excluding hydrogens is 300 g/mol. The monoisotopic (exact) mass is 330 g/mol. The molecule has 0 bridgehead atoms. The van der Waals surface area contributed by atoms with Gasteiger partial charge in [-0.2, -0.15) is 0 Å². The summed E-state index contributed by atoms with van der Waals surface area (Å²) in [6.45, 7) is 8.74. The molecular formula is C20H30N2O2. The zero-order valence-electron chi connectivity index (χ0n) is 15.2. The third kappa shape index (κ3) is 4.10. The first-order chi connectivity index (χ1) is 11.4. The van der Waals surface area contributed by atoms with Crippen LogP contribution < -0.4 is 0 Å². The number of carbonyl (C=O) groups excluding carboxylic acids is 1. The highest BCUT2D eigenvalue weighted by atomic mass is 16.6. The first-order valence-electron chi connectivity index (χ1n) is 9.22. The minimum absolute atomic E-state index is 0.142. The van der Waals surface area contributed by atoms with Gasteiger partial charge in [-0.05, 0) is 58.6 Å². The molecule has 0 unspecified atom stereocenters. The van der Waals surface area contributed by atoms with E-state index in [2.05, 4.69) is 35.2 Å². The molecule has 132 valence electrons. The Balaban J connectivity index is 1.68. The van der Waals surface area contributed by atoms with Gasteiger partial charge in [0, 0.05) is 19.1 Å². The second-order valence-electron chi connectivity index (χ2n) is 8.05. The van der Waals surface area contributed by atoms with Crippen LogP contribution in [0.15, 0.2) is 30.3 Å². The Morgan fingerprint density at radius 1 is 1.08 bits per heavy atom. The molecule has 0 aliphatic carbocycles. The van der Waals surface area contributed by atoms with Crippen molar-refractivity contribution in [3.8, 4) is 0 Å². The highest BCUT2D eigenvalue weighted by Gasteiger charge is 2.41. The van der Waals surface area contributed by atoms with Gasteiger partial charge in [0.05, 0.1) is 6.04 Å². The van der Waals surface area contributed by atoms with Crippen LogP contribution in [0.5, 0.6) is 0 Å². The quantitative estimate of drug-likeness (QED) is 0.838. The minimum Gasteiger partial charge on any atom is -0.444 e. The van der Waals surface area contributed by atoms with E-state index in [-0.39, 0.29) is 6.09 Å². The van der Waals surface area contributed by atoms with Crippen molar-refractivity contribution in [2.75, 3.05) is 13.1 Å². The topological polar surface area (TPSA) is 32.8 Å². The molecule has 2 fully saturated rings. The van der Waals surface area contributed by atoms with Crippen molar-refractivity contribution in [1.29, 1.82) is 0 Å². The van der Waals surface area contributed by atoms with Crippen molar-refractivity contribution in [2.45, 2.75) is 70.7 Å². The molecule has 0 spiro atoms. The number of amides is 1. The standard InChI is InChI=1S/C20H30N2O2/c1-20(2,3)24-19(23)22-14-8-12-18(22)17-11-7-13-21(17)15-16-9-5-4-6-10-16/h4-6,9-10,17-18H,7-8,11-15H2,1-3H3/t17-,18-/m0/s1. The first kappa shape index (κ1) is 17.3. The maximum absolute atomic E-state index is 12.6. The van der Waals surface area contributed by atoms with E-state index in [9.17, 15) is 4.79 Å². The third-order valence-corrected chi connectivity index (χ3v) is 5.01. The number of hydrogen-bond acceptors (Lipinski definition) is 3. The van der Waals surface area contributed by atoms with Gasteiger partial charge in [0.2, 0.25) is 0 Å². The molecule has 1 aromatic carbocycles. The lowest BCUT2D eigenvalue weighted by Gasteiger charge is -2.35. The van der Waals surface area contributed by atoms with Crippen LogP contribution in [0.1, 0.15) is 52.0 Å². The summed E-state index contributed by atoms with van der Waals surface area (Å²) in [6, 6.07) is 11.4. The Morgan fingerprint density at radius 3 is 2.46 bits per heavy atom. The molecule has 0 aromatic heterocycles. The summed E-state index contributed by atoms with van der Waals surface area (Å²) in [4.78, 5) is 17.1. The van der Waals surface area contributed by atoms with Crippen LogP contribution in [0.3, 0.4) is 0 Å². The van der Waals surface area contributed by atoms with Gasteiger partial charge in [-0.1, -0.05) is 30.3 Å². The Morgan fingerprint density at radius 2 is 1.75 bits per heavy atom. The van der Waals surface area contributed by atoms with Gasteiger partial charge < -0.3 is 9.64 Å². The molecule has 1 aromatic rings. The van der Waals surface area contributed by atoms with Crippen LogP contribution in [0.25, 0.3) is 0 Å². The summed E-state index contributed by atoms with van der Waals surface area (Å²) in [5, 5.41) is 0. The van der Waals surface area contributed by atoms with Gasteiger partial charge in [-0.25, -0.2) is 4.79 Å². The van der Waals surface area contributed by atoms with Crippen molar-refractivity contribution < 1.29 is 9.53 Å². The van der Waals surface area contributed by atoms with Crippen molar-refractivity contribution in [3.63, 3.8) is 0 Å². The number of carbonyl (C=O) groups is 1. The maximum atomic E-state index is 12.6. The molecule has 2 saturated heterocycles. The lowest BCUT2D eigenvalue weighted by Crippen LogP contribution is -2.49. The van der Waals surface area contributed by atoms with E-state index >= 15 is 0 Å². The number of rotatable bonds is 3. The fourth-order valence-electron chi connectivity index (χ4n) is 4.04. The summed E-state index contributed by atoms with van der Waals surface area (Å²) in [7, 11) is 0. The number of ether oxygens (including phenoxy) is 1. The van der Waals surface area contributed by atoms with Gasteiger partial charge in [0.25, 0.3) is 0 Å². The fourth-order valence-corrected chi connectivity index (χ4v) is 4.04. The summed E-state index contributed by atoms with van der Waals surface area (Å²) in [5.41, 5.74) is 0.926. The molecule has 2 aliphatic heterocycles. The molecule has 1 amide bonds. The summed E-state index contributed by atoms with van der Waals surface area (Å²) >= 11 is 0. The molecule has 3 rings (SSSR count). The van der Waals surface area contributed by atoms with E-state index in [4.69, 9.17) is 4.74 Å². The number of likely N-dealkylation sites (tertiary alicyclic amines) is 2. The van der Waals surface area contributed by atoms with Crippen LogP contribution >= 0.6 is 0 Å². The maximum Gasteiger partial charge on any atom is 0.410 e. The number of benzene rings is 1. The second-order valence-corrected chi connectivity index (χ2v) is 8.05. The van der Waals surface area contributed by atoms with Gasteiger partial charge >= 0.3 is 6.09 Å². The Kier molecular flexibility index (Phi) is 5.14. The van der Waals surface area contributed by atoms with Crippen LogP contribution in [0.2, 0.25) is 0 Å². The average Bonchev–Trinajstić information content (AvgIpc) is 3.14. The summed E-state index contributed by atoms with van der Waals surface area (Å²) < 4.78 is 5.63. The third-order valence-electron chi connectivity index (χ3n) is 5.01. The van der Waals surface area contributed by atoms with Gasteiger partial charge in [-0.15, -0.1) is 0 Å². The zero-order chi connectivity index (χ0) is 17.2. The normalized spacial score (nSPS) is 25.2. The predicted molar refractivity (Wildman–Crippen MR) is 95.8 cm³/mol. The summed E-state index contributed by atoms with van der Waals surface area (Å²) in [6.07, 6.45) is 4.43. The number of hydrogen-bond donors (Lipinski definition) is 0. The highest BCUT2D eigenvalue weighted by Crippen LogP contribution is 2.32. The van der Waals surface area contributed by atoms with Crippen LogP contribution in [0.4, 0.5) is 4.79 Å². The Bertz CT molecular complexity index is 553. The smallest absolute Gasteiger partial charge is 0.410 e. The van der Waals surface area contributed by atoms with E-state index in [1.165, 1.54) is 18.4 Å². The lowest BCUT2D eigenvalue weighted by molar-refractivity contribution is 0.0147. The van der Waals surface area contributed by atoms with E-state index in [0.717, 1.165) is 32.5 Å². The van der Waals surface area contributed by atoms with Gasteiger partial charge in [0.15, 0.2) is 0 Å². The SMILES string of the molecule is CC(C)(C)OC(=O)N1CCC[C@H]1[C@@H]1CCCN1Cc1ccccc1. The van der Waals surface area contributed by atoms with E-state index in [0.29, 0.717) is 12.1 Å². The highest BCUT2D eigenvalue weighted by molar-refractivity contribution is 5.69. The molecule has 2 atom stereocenters. The Labute approximate surface area is 145 Å². The van der Waals surface area contributed by atoms with Crippen LogP contribution in [-0.2, 0) is 11.3 Å². The van der Waals surface area contributed by atoms with Crippen molar-refractivity contribution >= 4 is 6.09 Å². The Hall–Kier alpha value is -1.55. The number of nitrogens with zero attached hydrogens (tertiary/aromatic N) is 2. The predicted octanol–water partition coefficient (Wildman–Crippen LogP) is 4.05. The molecule has 0 N–H and O–H groups in total. The van der Waals surface area contributed by atoms with Gasteiger partial charge in [0.1, 0.15) is 5.60 Å². The average molecular weight is 330 g/mol. The first-order valence-corrected chi connectivity index (χ1v) is 9.22. The van der Waals surface area contributed by atoms with E-state index in [1.807, 2.05) is 25.7 Å². The minimum atomic E-state index is -0.427. The molecule has 2 heterocycles. The van der Waals surface area contributed by atoms with E-state index in [1.54, 1.807) is 0 Å².